The van der Waals surface area contributed by atoms with Crippen LogP contribution >= 0.6 is 43.2 Å². The van der Waals surface area contributed by atoms with E-state index in [2.05, 4.69) is 23.1 Å². The van der Waals surface area contributed by atoms with Crippen LogP contribution < -0.4 is 30.4 Å². The summed E-state index contributed by atoms with van der Waals surface area (Å²) in [5.41, 5.74) is 17.3. The summed E-state index contributed by atoms with van der Waals surface area (Å²) in [5, 5.41) is 1.82. The Balaban J connectivity index is 0.671. The summed E-state index contributed by atoms with van der Waals surface area (Å²) < 4.78 is 47.4. The van der Waals surface area contributed by atoms with Crippen molar-refractivity contribution in [2.75, 3.05) is 78.3 Å². The second-order valence-corrected chi connectivity index (χ2v) is 25.3. The number of ether oxygens (including phenoxy) is 8. The van der Waals surface area contributed by atoms with E-state index in [1.807, 2.05) is 84.9 Å². The molecule has 4 saturated heterocycles. The highest BCUT2D eigenvalue weighted by Gasteiger charge is 2.47. The van der Waals surface area contributed by atoms with Crippen LogP contribution in [0.25, 0.3) is 0 Å². The fourth-order valence-corrected chi connectivity index (χ4v) is 14.1. The molecule has 4 amide bonds. The number of unbranched alkanes of at least 4 members (excludes halogenated alkanes) is 2. The van der Waals surface area contributed by atoms with E-state index in [0.29, 0.717) is 75.0 Å². The number of anilines is 2. The zero-order valence-electron chi connectivity index (χ0n) is 48.2. The maximum Gasteiger partial charge on any atom is 0.412 e. The number of benzene rings is 4. The number of aromatic nitrogens is 2. The summed E-state index contributed by atoms with van der Waals surface area (Å²) in [6, 6.07) is 32.4. The lowest BCUT2D eigenvalue weighted by molar-refractivity contribution is -0.0219. The SMILES string of the molecule is C=C1C[C@@H](C2OCCN2C(=O)OCc2ccc(SSc3ccccn3)cc2)N(C(=O)c2cc(OC)c(OCCCCCOc3cc(N)c(C(=O)N4CC(=C)C[C@H]4C4OCCN4C(=O)OCc4ccc(SSc5ccccn5)cc4)cc3OC)cc2N)C1. The fraction of sp³-hybridized carbons (Fsp3) is 0.333. The number of hydrogen-bond donors (Lipinski definition) is 2. The summed E-state index contributed by atoms with van der Waals surface area (Å²) in [6.07, 6.45) is 3.81. The molecule has 0 bridgehead atoms. The molecule has 24 heteroatoms. The third kappa shape index (κ3) is 15.7. The highest BCUT2D eigenvalue weighted by molar-refractivity contribution is 8.77. The molecule has 2 aromatic heterocycles. The molecule has 6 heterocycles. The van der Waals surface area contributed by atoms with Gasteiger partial charge in [0.1, 0.15) is 23.3 Å². The quantitative estimate of drug-likeness (QED) is 0.0248. The van der Waals surface area contributed by atoms with Gasteiger partial charge in [0.25, 0.3) is 11.8 Å². The van der Waals surface area contributed by atoms with E-state index < -0.39 is 36.7 Å². The first-order chi connectivity index (χ1) is 42.3. The molecular formula is C63H68N8O12S4. The van der Waals surface area contributed by atoms with E-state index in [-0.39, 0.29) is 73.8 Å². The maximum absolute atomic E-state index is 14.4. The molecule has 0 aliphatic carbocycles. The van der Waals surface area contributed by atoms with Gasteiger partial charge >= 0.3 is 12.2 Å². The molecule has 10 rings (SSSR count). The molecule has 456 valence electrons. The van der Waals surface area contributed by atoms with Crippen molar-refractivity contribution in [3.05, 3.63) is 168 Å². The normalized spacial score (nSPS) is 18.3. The zero-order chi connectivity index (χ0) is 60.8. The van der Waals surface area contributed by atoms with E-state index in [9.17, 15) is 19.2 Å². The number of likely N-dealkylation sites (tertiary alicyclic amines) is 2. The number of nitrogen functional groups attached to an aromatic ring is 2. The van der Waals surface area contributed by atoms with E-state index in [1.165, 1.54) is 24.0 Å². The third-order valence-corrected chi connectivity index (χ3v) is 19.4. The number of carbonyl (C=O) groups is 4. The van der Waals surface area contributed by atoms with Crippen LogP contribution in [0, 0.1) is 0 Å². The Morgan fingerprint density at radius 3 is 1.37 bits per heavy atom. The summed E-state index contributed by atoms with van der Waals surface area (Å²) >= 11 is 0. The van der Waals surface area contributed by atoms with Crippen molar-refractivity contribution in [3.8, 4) is 23.0 Å². The standard InChI is InChI=1S/C63H68N8O12S4/c1-40-30-50(60-68(24-28-80-60)62(74)82-38-42-14-18-44(19-15-42)84-86-56-12-6-8-22-66-56)70(36-40)58(72)46-32-52(76-3)54(34-48(46)64)78-26-10-5-11-27-79-55-35-49(65)47(33-53(55)77-4)59(73)71-37-41(2)31-51(71)61-69(25-29-81-61)63(75)83-39-43-16-20-45(21-17-43)85-87-57-13-7-9-23-67-57/h6-9,12-23,32-35,50-51,60-61H,1-2,5,10-11,24-31,36-39,64-65H2,3-4H3/t50-,51-,60?,61?/m0/s1. The molecule has 0 radical (unpaired) electrons. The summed E-state index contributed by atoms with van der Waals surface area (Å²) in [5.74, 6) is 0.698. The van der Waals surface area contributed by atoms with Crippen molar-refractivity contribution in [2.24, 2.45) is 0 Å². The molecule has 4 aliphatic rings. The molecule has 4 fully saturated rings. The van der Waals surface area contributed by atoms with Gasteiger partial charge in [-0.2, -0.15) is 0 Å². The van der Waals surface area contributed by atoms with Gasteiger partial charge in [0.2, 0.25) is 0 Å². The summed E-state index contributed by atoms with van der Waals surface area (Å²) in [6.45, 7) is 10.8. The van der Waals surface area contributed by atoms with Crippen LogP contribution in [0.15, 0.2) is 166 Å². The fourth-order valence-electron chi connectivity index (χ4n) is 10.5. The first kappa shape index (κ1) is 62.3. The topological polar surface area (TPSA) is 233 Å². The predicted molar refractivity (Wildman–Crippen MR) is 335 cm³/mol. The molecule has 2 unspecified atom stereocenters. The Morgan fingerprint density at radius 1 is 0.552 bits per heavy atom. The molecule has 4 atom stereocenters. The van der Waals surface area contributed by atoms with Crippen molar-refractivity contribution in [1.29, 1.82) is 0 Å². The highest BCUT2D eigenvalue weighted by atomic mass is 33.1. The number of hydrogen-bond acceptors (Lipinski definition) is 20. The van der Waals surface area contributed by atoms with E-state index in [4.69, 9.17) is 49.4 Å². The lowest BCUT2D eigenvalue weighted by Crippen LogP contribution is -2.50. The third-order valence-electron chi connectivity index (χ3n) is 14.8. The number of carbonyl (C=O) groups excluding carboxylic acids is 4. The largest absolute Gasteiger partial charge is 0.493 e. The lowest BCUT2D eigenvalue weighted by atomic mass is 10.1. The van der Waals surface area contributed by atoms with Gasteiger partial charge < -0.3 is 59.2 Å². The van der Waals surface area contributed by atoms with Gasteiger partial charge in [-0.3, -0.25) is 19.4 Å². The van der Waals surface area contributed by atoms with Gasteiger partial charge in [0, 0.05) is 58.8 Å². The summed E-state index contributed by atoms with van der Waals surface area (Å²) in [7, 11) is 9.30. The minimum Gasteiger partial charge on any atom is -0.493 e. The van der Waals surface area contributed by atoms with E-state index in [0.717, 1.165) is 48.5 Å². The average Bonchev–Trinajstić information content (AvgIpc) is 2.49. The molecule has 0 saturated carbocycles. The minimum absolute atomic E-state index is 0.0690. The molecule has 4 aromatic carbocycles. The number of nitrogens with zero attached hydrogens (tertiary/aromatic N) is 6. The second kappa shape index (κ2) is 29.8. The molecular weight excluding hydrogens is 1190 g/mol. The molecule has 4 aliphatic heterocycles. The Hall–Kier alpha value is -7.74. The van der Waals surface area contributed by atoms with Crippen LogP contribution in [0.1, 0.15) is 63.9 Å². The van der Waals surface area contributed by atoms with Crippen LogP contribution in [0.4, 0.5) is 21.0 Å². The number of nitrogens with two attached hydrogens (primary N) is 2. The Bertz CT molecular complexity index is 3190. The second-order valence-electron chi connectivity index (χ2n) is 20.8. The van der Waals surface area contributed by atoms with Crippen molar-refractivity contribution >= 4 is 78.6 Å². The van der Waals surface area contributed by atoms with Crippen LogP contribution in [0.3, 0.4) is 0 Å². The number of methoxy groups -OCH3 is 2. The van der Waals surface area contributed by atoms with E-state index in [1.54, 1.807) is 89.6 Å². The van der Waals surface area contributed by atoms with Crippen LogP contribution in [0.5, 0.6) is 23.0 Å². The van der Waals surface area contributed by atoms with Crippen LogP contribution in [0.2, 0.25) is 0 Å². The number of rotatable bonds is 24. The summed E-state index contributed by atoms with van der Waals surface area (Å²) in [4.78, 5) is 72.9. The zero-order valence-corrected chi connectivity index (χ0v) is 51.5. The molecule has 20 nitrogen and oxygen atoms in total. The van der Waals surface area contributed by atoms with Crippen molar-refractivity contribution in [3.63, 3.8) is 0 Å². The average molecular weight is 1260 g/mol. The Kier molecular flexibility index (Phi) is 21.3. The molecule has 4 N–H and O–H groups in total. The lowest BCUT2D eigenvalue weighted by Gasteiger charge is -2.33. The first-order valence-electron chi connectivity index (χ1n) is 28.3. The Morgan fingerprint density at radius 2 is 0.977 bits per heavy atom. The minimum atomic E-state index is -0.756. The Labute approximate surface area is 521 Å². The number of pyridine rings is 2. The predicted octanol–water partition coefficient (Wildman–Crippen LogP) is 11.4. The van der Waals surface area contributed by atoms with Crippen molar-refractivity contribution in [2.45, 2.75) is 89.7 Å². The smallest absolute Gasteiger partial charge is 0.412 e. The maximum atomic E-state index is 14.4. The van der Waals surface area contributed by atoms with Gasteiger partial charge in [0.15, 0.2) is 35.5 Å². The van der Waals surface area contributed by atoms with Gasteiger partial charge in [-0.05, 0) is 125 Å². The van der Waals surface area contributed by atoms with Crippen LogP contribution in [-0.2, 0) is 32.2 Å². The van der Waals surface area contributed by atoms with E-state index >= 15 is 0 Å². The van der Waals surface area contributed by atoms with Gasteiger partial charge in [-0.25, -0.2) is 19.6 Å². The van der Waals surface area contributed by atoms with Crippen LogP contribution in [-0.4, -0.2) is 145 Å². The highest BCUT2D eigenvalue weighted by Crippen LogP contribution is 2.41. The van der Waals surface area contributed by atoms with Gasteiger partial charge in [0.05, 0.1) is 76.9 Å². The number of amides is 4. The van der Waals surface area contributed by atoms with Crippen molar-refractivity contribution < 1.29 is 57.1 Å². The molecule has 6 aromatic rings. The molecule has 87 heavy (non-hydrogen) atoms. The first-order valence-corrected chi connectivity index (χ1v) is 32.6. The molecule has 0 spiro atoms. The monoisotopic (exact) mass is 1260 g/mol. The van der Waals surface area contributed by atoms with Crippen molar-refractivity contribution in [1.82, 2.24) is 29.6 Å². The van der Waals surface area contributed by atoms with Gasteiger partial charge in [-0.15, -0.1) is 0 Å². The van der Waals surface area contributed by atoms with Gasteiger partial charge in [-0.1, -0.05) is 82.3 Å².